The Bertz CT molecular complexity index is 686. The molecule has 0 aliphatic rings. The summed E-state index contributed by atoms with van der Waals surface area (Å²) in [6.45, 7) is 1.74. The van der Waals surface area contributed by atoms with Crippen LogP contribution in [0.3, 0.4) is 0 Å². The number of carbonyl (C=O) groups is 2. The van der Waals surface area contributed by atoms with E-state index >= 15 is 0 Å². The van der Waals surface area contributed by atoms with Crippen LogP contribution in [-0.4, -0.2) is 22.0 Å². The van der Waals surface area contributed by atoms with E-state index < -0.39 is 17.7 Å². The minimum Gasteiger partial charge on any atom is -0.478 e. The van der Waals surface area contributed by atoms with Crippen molar-refractivity contribution in [2.45, 2.75) is 6.92 Å². The Morgan fingerprint density at radius 3 is 2.70 bits per heavy atom. The number of nitrogens with one attached hydrogen (secondary N) is 1. The summed E-state index contributed by atoms with van der Waals surface area (Å²) >= 11 is 0. The van der Waals surface area contributed by atoms with Gasteiger partial charge < -0.3 is 10.4 Å². The minimum absolute atomic E-state index is 0.0139. The molecule has 1 aromatic carbocycles. The largest absolute Gasteiger partial charge is 0.478 e. The third-order valence-corrected chi connectivity index (χ3v) is 2.61. The maximum absolute atomic E-state index is 13.6. The molecule has 0 unspecified atom stereocenters. The third kappa shape index (κ3) is 2.97. The zero-order valence-corrected chi connectivity index (χ0v) is 10.6. The number of halogens is 1. The molecule has 0 atom stereocenters. The number of carbonyl (C=O) groups excluding carboxylic acids is 1. The first-order chi connectivity index (χ1) is 9.47. The van der Waals surface area contributed by atoms with Crippen molar-refractivity contribution < 1.29 is 19.1 Å². The van der Waals surface area contributed by atoms with Crippen molar-refractivity contribution in [1.29, 1.82) is 0 Å². The van der Waals surface area contributed by atoms with E-state index in [1.807, 2.05) is 0 Å². The van der Waals surface area contributed by atoms with Gasteiger partial charge in [0.2, 0.25) is 0 Å². The molecule has 5 nitrogen and oxygen atoms in total. The van der Waals surface area contributed by atoms with E-state index in [-0.39, 0.29) is 16.9 Å². The van der Waals surface area contributed by atoms with E-state index in [1.54, 1.807) is 13.0 Å². The number of carboxylic acids is 1. The topological polar surface area (TPSA) is 79.3 Å². The van der Waals surface area contributed by atoms with Crippen molar-refractivity contribution in [2.75, 3.05) is 5.32 Å². The lowest BCUT2D eigenvalue weighted by atomic mass is 10.1. The van der Waals surface area contributed by atoms with Gasteiger partial charge in [-0.1, -0.05) is 11.6 Å². The highest BCUT2D eigenvalue weighted by molar-refractivity contribution is 6.04. The van der Waals surface area contributed by atoms with Gasteiger partial charge in [0.25, 0.3) is 5.91 Å². The first kappa shape index (κ1) is 13.7. The summed E-state index contributed by atoms with van der Waals surface area (Å²) in [6, 6.07) is 6.66. The average Bonchev–Trinajstić information content (AvgIpc) is 2.41. The van der Waals surface area contributed by atoms with Crippen LogP contribution < -0.4 is 5.32 Å². The predicted molar refractivity (Wildman–Crippen MR) is 70.3 cm³/mol. The summed E-state index contributed by atoms with van der Waals surface area (Å²) in [7, 11) is 0. The fourth-order valence-electron chi connectivity index (χ4n) is 1.63. The quantitative estimate of drug-likeness (QED) is 0.901. The lowest BCUT2D eigenvalue weighted by molar-refractivity contribution is 0.0696. The molecule has 2 aromatic rings. The molecule has 2 N–H and O–H groups in total. The van der Waals surface area contributed by atoms with Crippen LogP contribution in [0.15, 0.2) is 36.5 Å². The summed E-state index contributed by atoms with van der Waals surface area (Å²) in [5.74, 6) is -2.41. The first-order valence-electron chi connectivity index (χ1n) is 5.74. The number of hydrogen-bond donors (Lipinski definition) is 2. The number of benzene rings is 1. The number of aryl methyl sites for hydroxylation is 1. The molecule has 2 rings (SSSR count). The maximum atomic E-state index is 13.6. The van der Waals surface area contributed by atoms with E-state index in [9.17, 15) is 14.0 Å². The molecule has 0 saturated heterocycles. The molecular weight excluding hydrogens is 263 g/mol. The van der Waals surface area contributed by atoms with Crippen LogP contribution in [0.25, 0.3) is 0 Å². The van der Waals surface area contributed by atoms with Crippen molar-refractivity contribution in [1.82, 2.24) is 4.98 Å². The van der Waals surface area contributed by atoms with Crippen LogP contribution in [0, 0.1) is 12.7 Å². The molecule has 1 heterocycles. The number of carboxylic acid groups (broad SMARTS) is 1. The van der Waals surface area contributed by atoms with Gasteiger partial charge in [-0.25, -0.2) is 14.2 Å². The Morgan fingerprint density at radius 2 is 2.00 bits per heavy atom. The normalized spacial score (nSPS) is 10.1. The molecule has 0 aliphatic heterocycles. The monoisotopic (exact) mass is 274 g/mol. The lowest BCUT2D eigenvalue weighted by Gasteiger charge is -2.06. The first-order valence-corrected chi connectivity index (χ1v) is 5.74. The van der Waals surface area contributed by atoms with Gasteiger partial charge in [-0.15, -0.1) is 0 Å². The molecule has 0 spiro atoms. The number of aromatic carboxylic acids is 1. The maximum Gasteiger partial charge on any atom is 0.335 e. The van der Waals surface area contributed by atoms with Gasteiger partial charge in [-0.2, -0.15) is 0 Å². The van der Waals surface area contributed by atoms with Gasteiger partial charge in [0, 0.05) is 6.20 Å². The number of aromatic nitrogens is 1. The second-order valence-electron chi connectivity index (χ2n) is 4.17. The number of pyridine rings is 1. The predicted octanol–water partition coefficient (Wildman–Crippen LogP) is 2.48. The number of hydrogen-bond acceptors (Lipinski definition) is 3. The number of amides is 1. The number of anilines is 1. The second kappa shape index (κ2) is 5.48. The Balaban J connectivity index is 2.25. The van der Waals surface area contributed by atoms with Crippen LogP contribution in [0.4, 0.5) is 10.2 Å². The molecule has 0 fully saturated rings. The van der Waals surface area contributed by atoms with Crippen molar-refractivity contribution >= 4 is 17.7 Å². The van der Waals surface area contributed by atoms with Crippen molar-refractivity contribution in [3.8, 4) is 0 Å². The molecule has 0 radical (unpaired) electrons. The summed E-state index contributed by atoms with van der Waals surface area (Å²) in [5.41, 5.74) is 0.608. The standard InChI is InChI=1S/C14H11FN2O3/c1-8-2-3-11(15)10(6-8)13(18)17-12-7-9(14(19)20)4-5-16-12/h2-7H,1H3,(H,19,20)(H,16,17,18). The molecule has 1 aromatic heterocycles. The Kier molecular flexibility index (Phi) is 3.74. The fourth-order valence-corrected chi connectivity index (χ4v) is 1.63. The van der Waals surface area contributed by atoms with Crippen LogP contribution in [0.5, 0.6) is 0 Å². The van der Waals surface area contributed by atoms with Gasteiger partial charge in [0.1, 0.15) is 11.6 Å². The zero-order valence-electron chi connectivity index (χ0n) is 10.6. The summed E-state index contributed by atoms with van der Waals surface area (Å²) in [6.07, 6.45) is 1.26. The van der Waals surface area contributed by atoms with Gasteiger partial charge in [-0.05, 0) is 31.2 Å². The molecule has 0 bridgehead atoms. The van der Waals surface area contributed by atoms with E-state index in [0.717, 1.165) is 5.56 Å². The van der Waals surface area contributed by atoms with Crippen LogP contribution in [0.2, 0.25) is 0 Å². The molecule has 0 saturated carbocycles. The summed E-state index contributed by atoms with van der Waals surface area (Å²) in [5, 5.41) is 11.2. The van der Waals surface area contributed by atoms with Crippen molar-refractivity contribution in [3.63, 3.8) is 0 Å². The average molecular weight is 274 g/mol. The van der Waals surface area contributed by atoms with Gasteiger partial charge >= 0.3 is 5.97 Å². The molecule has 1 amide bonds. The van der Waals surface area contributed by atoms with Crippen molar-refractivity contribution in [3.05, 3.63) is 59.0 Å². The second-order valence-corrected chi connectivity index (χ2v) is 4.17. The zero-order chi connectivity index (χ0) is 14.7. The highest BCUT2D eigenvalue weighted by atomic mass is 19.1. The van der Waals surface area contributed by atoms with E-state index in [0.29, 0.717) is 0 Å². The lowest BCUT2D eigenvalue weighted by Crippen LogP contribution is -2.15. The molecular formula is C14H11FN2O3. The Morgan fingerprint density at radius 1 is 1.25 bits per heavy atom. The van der Waals surface area contributed by atoms with Crippen LogP contribution in [0.1, 0.15) is 26.3 Å². The fraction of sp³-hybridized carbons (Fsp3) is 0.0714. The molecule has 102 valence electrons. The SMILES string of the molecule is Cc1ccc(F)c(C(=O)Nc2cc(C(=O)O)ccn2)c1. The number of rotatable bonds is 3. The van der Waals surface area contributed by atoms with Gasteiger partial charge in [-0.3, -0.25) is 4.79 Å². The third-order valence-electron chi connectivity index (χ3n) is 2.61. The van der Waals surface area contributed by atoms with Crippen LogP contribution >= 0.6 is 0 Å². The van der Waals surface area contributed by atoms with Crippen molar-refractivity contribution in [2.24, 2.45) is 0 Å². The van der Waals surface area contributed by atoms with Crippen LogP contribution in [-0.2, 0) is 0 Å². The van der Waals surface area contributed by atoms with E-state index in [1.165, 1.54) is 30.5 Å². The Labute approximate surface area is 114 Å². The number of nitrogens with zero attached hydrogens (tertiary/aromatic N) is 1. The Hall–Kier alpha value is -2.76. The minimum atomic E-state index is -1.13. The summed E-state index contributed by atoms with van der Waals surface area (Å²) in [4.78, 5) is 26.6. The summed E-state index contributed by atoms with van der Waals surface area (Å²) < 4.78 is 13.6. The molecule has 6 heteroatoms. The van der Waals surface area contributed by atoms with E-state index in [4.69, 9.17) is 5.11 Å². The van der Waals surface area contributed by atoms with Gasteiger partial charge in [0.15, 0.2) is 0 Å². The highest BCUT2D eigenvalue weighted by Gasteiger charge is 2.13. The van der Waals surface area contributed by atoms with E-state index in [2.05, 4.69) is 10.3 Å². The molecule has 0 aliphatic carbocycles. The smallest absolute Gasteiger partial charge is 0.335 e. The highest BCUT2D eigenvalue weighted by Crippen LogP contribution is 2.13. The van der Waals surface area contributed by atoms with Gasteiger partial charge in [0.05, 0.1) is 11.1 Å². The molecule has 20 heavy (non-hydrogen) atoms.